The van der Waals surface area contributed by atoms with Crippen molar-refractivity contribution in [3.05, 3.63) is 86.6 Å². The predicted octanol–water partition coefficient (Wildman–Crippen LogP) is 4.64. The van der Waals surface area contributed by atoms with Gasteiger partial charge in [-0.3, -0.25) is 19.1 Å². The Bertz CT molecular complexity index is 2590. The van der Waals surface area contributed by atoms with Crippen molar-refractivity contribution in [3.8, 4) is 17.1 Å². The Hall–Kier alpha value is -5.91. The van der Waals surface area contributed by atoms with E-state index in [2.05, 4.69) is 30.5 Å². The van der Waals surface area contributed by atoms with Gasteiger partial charge in [0, 0.05) is 54.0 Å². The molecule has 0 saturated carbocycles. The van der Waals surface area contributed by atoms with E-state index in [0.717, 1.165) is 23.6 Å². The number of benzene rings is 1. The molecule has 1 spiro atoms. The lowest BCUT2D eigenvalue weighted by Gasteiger charge is -2.39. The molecule has 0 radical (unpaired) electrons. The van der Waals surface area contributed by atoms with Gasteiger partial charge in [-0.25, -0.2) is 15.0 Å². The molecule has 6 heterocycles. The zero-order valence-electron chi connectivity index (χ0n) is 29.0. The molecule has 1 fully saturated rings. The average molecular weight is 762 g/mol. The van der Waals surface area contributed by atoms with Crippen molar-refractivity contribution >= 4 is 45.9 Å². The Kier molecular flexibility index (Phi) is 8.20. The van der Waals surface area contributed by atoms with Crippen molar-refractivity contribution in [1.82, 2.24) is 48.8 Å². The number of aryl methyl sites for hydroxylation is 2. The van der Waals surface area contributed by atoms with E-state index in [-0.39, 0.29) is 65.0 Å². The minimum absolute atomic E-state index is 0.0205. The quantitative estimate of drug-likeness (QED) is 0.252. The lowest BCUT2D eigenvalue weighted by molar-refractivity contribution is -0.137. The highest BCUT2D eigenvalue weighted by molar-refractivity contribution is 6.33. The predicted molar refractivity (Wildman–Crippen MR) is 188 cm³/mol. The molecule has 1 atom stereocenters. The number of amides is 2. The summed E-state index contributed by atoms with van der Waals surface area (Å²) in [5.41, 5.74) is 0.243. The maximum atomic E-state index is 14.6. The topological polar surface area (TPSA) is 178 Å². The van der Waals surface area contributed by atoms with Crippen LogP contribution in [-0.4, -0.2) is 78.8 Å². The van der Waals surface area contributed by atoms with E-state index in [1.54, 1.807) is 46.6 Å². The van der Waals surface area contributed by atoms with Crippen molar-refractivity contribution < 1.29 is 27.9 Å². The zero-order chi connectivity index (χ0) is 38.3. The highest BCUT2D eigenvalue weighted by atomic mass is 35.5. The van der Waals surface area contributed by atoms with Crippen LogP contribution in [0.5, 0.6) is 5.75 Å². The second kappa shape index (κ2) is 12.6. The molecule has 1 aliphatic heterocycles. The smallest absolute Gasteiger partial charge is 0.416 e. The number of aromatic nitrogens is 9. The molecule has 1 unspecified atom stereocenters. The molecule has 54 heavy (non-hydrogen) atoms. The summed E-state index contributed by atoms with van der Waals surface area (Å²) in [5, 5.41) is 22.4. The molecule has 2 N–H and O–H groups in total. The van der Waals surface area contributed by atoms with Gasteiger partial charge >= 0.3 is 6.18 Å². The number of hydrogen-bond donors (Lipinski definition) is 2. The molecule has 1 aromatic carbocycles. The fraction of sp³-hybridized carbons (Fsp3) is 0.343. The number of nitrogens with one attached hydrogen (secondary N) is 1. The third-order valence-corrected chi connectivity index (χ3v) is 10.7. The van der Waals surface area contributed by atoms with Crippen LogP contribution in [0.25, 0.3) is 28.2 Å². The number of nitrogens with zero attached hydrogens (tertiary/aromatic N) is 10. The van der Waals surface area contributed by atoms with E-state index < -0.39 is 34.5 Å². The van der Waals surface area contributed by atoms with Gasteiger partial charge in [-0.1, -0.05) is 18.5 Å². The number of carbonyl (C=O) groups is 2. The Morgan fingerprint density at radius 2 is 1.87 bits per heavy atom. The summed E-state index contributed by atoms with van der Waals surface area (Å²) in [6, 6.07) is 4.44. The van der Waals surface area contributed by atoms with Gasteiger partial charge in [0.2, 0.25) is 11.7 Å². The van der Waals surface area contributed by atoms with Crippen LogP contribution in [0.4, 0.5) is 18.9 Å². The van der Waals surface area contributed by atoms with Crippen molar-refractivity contribution in [3.63, 3.8) is 0 Å². The Labute approximate surface area is 308 Å². The van der Waals surface area contributed by atoms with Gasteiger partial charge in [0.05, 0.1) is 28.2 Å². The molecule has 2 aliphatic rings. The highest BCUT2D eigenvalue weighted by Gasteiger charge is 2.49. The molecule has 19 heteroatoms. The Morgan fingerprint density at radius 1 is 1.11 bits per heavy atom. The number of fused-ring (bicyclic) bond motifs is 4. The van der Waals surface area contributed by atoms with Crippen LogP contribution in [0.1, 0.15) is 65.1 Å². The number of piperidine rings is 1. The molecule has 5 aromatic heterocycles. The van der Waals surface area contributed by atoms with Gasteiger partial charge in [0.15, 0.2) is 22.9 Å². The highest BCUT2D eigenvalue weighted by Crippen LogP contribution is 2.50. The number of hydrogen-bond acceptors (Lipinski definition) is 10. The van der Waals surface area contributed by atoms with E-state index in [1.165, 1.54) is 10.8 Å². The summed E-state index contributed by atoms with van der Waals surface area (Å²) in [7, 11) is 1.76. The summed E-state index contributed by atoms with van der Waals surface area (Å²) < 4.78 is 44.3. The molecule has 8 rings (SSSR count). The maximum Gasteiger partial charge on any atom is 0.416 e. The monoisotopic (exact) mass is 761 g/mol. The largest absolute Gasteiger partial charge is 0.504 e. The number of halogens is 4. The van der Waals surface area contributed by atoms with Crippen LogP contribution in [-0.2, 0) is 30.0 Å². The lowest BCUT2D eigenvalue weighted by atomic mass is 9.73. The van der Waals surface area contributed by atoms with Crippen LogP contribution in [0, 0.1) is 6.92 Å². The summed E-state index contributed by atoms with van der Waals surface area (Å²) in [4.78, 5) is 60.5. The zero-order valence-corrected chi connectivity index (χ0v) is 29.8. The standard InChI is InChI=1S/C35H31ClF3N11O4/c1-17-12-34(6-8-48(9-7-34)32(54)26-28(52)18(2)41-16-42-26)25-27(17)49(15-24(51)44-23-5-4-21(11-22(23)36)35(37,38)39)33-45-29(46-50(33)31(25)53)19-10-20-14-43-47(3)30(20)40-13-19/h4-5,10-11,13-14,16-17,52H,6-9,12,15H2,1-3H3,(H,44,51). The van der Waals surface area contributed by atoms with E-state index in [0.29, 0.717) is 41.7 Å². The molecule has 15 nitrogen and oxygen atoms in total. The maximum absolute atomic E-state index is 14.6. The van der Waals surface area contributed by atoms with Gasteiger partial charge in [0.25, 0.3) is 11.5 Å². The number of likely N-dealkylation sites (tertiary alicyclic amines) is 1. The number of carbonyl (C=O) groups excluding carboxylic acids is 2. The Balaban J connectivity index is 1.20. The first-order valence-corrected chi connectivity index (χ1v) is 17.3. The molecule has 1 saturated heterocycles. The summed E-state index contributed by atoms with van der Waals surface area (Å²) in [6.07, 6.45) is 1.14. The summed E-state index contributed by atoms with van der Waals surface area (Å²) >= 11 is 6.17. The molecule has 2 amide bonds. The number of aromatic hydroxyl groups is 1. The molecule has 1 aliphatic carbocycles. The minimum atomic E-state index is -4.62. The SMILES string of the molecule is Cc1ncnc(C(=O)N2CCC3(CC2)CC(C)c2c3c(=O)n3nc(-c4cnc5c(cnn5C)c4)nc3n2CC(=O)Nc2ccc(C(F)(F)F)cc2Cl)c1O. The van der Waals surface area contributed by atoms with Crippen LogP contribution in [0.2, 0.25) is 5.02 Å². The Morgan fingerprint density at radius 3 is 2.59 bits per heavy atom. The van der Waals surface area contributed by atoms with Gasteiger partial charge in [-0.2, -0.15) is 27.8 Å². The fourth-order valence-electron chi connectivity index (χ4n) is 7.80. The van der Waals surface area contributed by atoms with Gasteiger partial charge in [-0.05, 0) is 56.4 Å². The van der Waals surface area contributed by atoms with Crippen LogP contribution < -0.4 is 10.9 Å². The first kappa shape index (κ1) is 35.1. The summed E-state index contributed by atoms with van der Waals surface area (Å²) in [6.45, 7) is 3.66. The van der Waals surface area contributed by atoms with E-state index >= 15 is 0 Å². The summed E-state index contributed by atoms with van der Waals surface area (Å²) in [5.74, 6) is -1.35. The second-order valence-corrected chi connectivity index (χ2v) is 14.2. The van der Waals surface area contributed by atoms with Gasteiger partial charge in [-0.15, -0.1) is 5.10 Å². The molecule has 0 bridgehead atoms. The molecular weight excluding hydrogens is 731 g/mol. The van der Waals surface area contributed by atoms with Crippen molar-refractivity contribution in [2.45, 2.75) is 57.2 Å². The van der Waals surface area contributed by atoms with Crippen molar-refractivity contribution in [1.29, 1.82) is 0 Å². The minimum Gasteiger partial charge on any atom is -0.504 e. The normalized spacial score (nSPS) is 16.7. The lowest BCUT2D eigenvalue weighted by Crippen LogP contribution is -2.46. The second-order valence-electron chi connectivity index (χ2n) is 13.8. The third kappa shape index (κ3) is 5.71. The fourth-order valence-corrected chi connectivity index (χ4v) is 8.03. The third-order valence-electron chi connectivity index (χ3n) is 10.4. The van der Waals surface area contributed by atoms with E-state index in [4.69, 9.17) is 16.6 Å². The van der Waals surface area contributed by atoms with Crippen LogP contribution in [0.15, 0.2) is 47.8 Å². The van der Waals surface area contributed by atoms with Gasteiger partial charge in [0.1, 0.15) is 12.9 Å². The first-order chi connectivity index (χ1) is 25.6. The van der Waals surface area contributed by atoms with Crippen molar-refractivity contribution in [2.24, 2.45) is 7.05 Å². The van der Waals surface area contributed by atoms with E-state index in [9.17, 15) is 32.7 Å². The molecule has 6 aromatic rings. The van der Waals surface area contributed by atoms with Crippen molar-refractivity contribution in [2.75, 3.05) is 18.4 Å². The average Bonchev–Trinajstić information content (AvgIpc) is 3.82. The molecular formula is C35H31ClF3N11O4. The number of pyridine rings is 1. The molecule has 278 valence electrons. The van der Waals surface area contributed by atoms with E-state index in [1.807, 2.05) is 6.92 Å². The number of anilines is 1. The number of alkyl halides is 3. The number of rotatable bonds is 5. The first-order valence-electron chi connectivity index (χ1n) is 16.9. The van der Waals surface area contributed by atoms with Crippen LogP contribution in [0.3, 0.4) is 0 Å². The van der Waals surface area contributed by atoms with Crippen LogP contribution >= 0.6 is 11.6 Å². The van der Waals surface area contributed by atoms with Gasteiger partial charge < -0.3 is 19.9 Å².